The average Bonchev–Trinajstić information content (AvgIpc) is 3.15. The van der Waals surface area contributed by atoms with E-state index < -0.39 is 12.6 Å². The van der Waals surface area contributed by atoms with Crippen molar-refractivity contribution in [2.75, 3.05) is 31.1 Å². The highest BCUT2D eigenvalue weighted by Gasteiger charge is 2.52. The standard InChI is InChI=1S/C17H17F3N6S/c18-17(19,20)4-12-3-13-14(21-10-22-15(13)27-12)26-8-16(9-26)6-25(7-16)5-11-1-2-23-24-11/h1-3,10H,4-9H2,(H,23,24). The molecule has 0 bridgehead atoms. The second-order valence-electron chi connectivity index (χ2n) is 7.50. The van der Waals surface area contributed by atoms with E-state index in [-0.39, 0.29) is 10.3 Å². The number of aromatic amines is 1. The third kappa shape index (κ3) is 3.16. The Morgan fingerprint density at radius 1 is 1.19 bits per heavy atom. The van der Waals surface area contributed by atoms with E-state index in [0.717, 1.165) is 61.0 Å². The number of thiophene rings is 1. The lowest BCUT2D eigenvalue weighted by molar-refractivity contribution is -0.126. The second-order valence-corrected chi connectivity index (χ2v) is 8.62. The third-order valence-electron chi connectivity index (χ3n) is 5.16. The molecule has 6 nitrogen and oxygen atoms in total. The normalized spacial score (nSPS) is 19.4. The van der Waals surface area contributed by atoms with Crippen molar-refractivity contribution >= 4 is 27.4 Å². The van der Waals surface area contributed by atoms with Crippen LogP contribution in [-0.4, -0.2) is 57.4 Å². The lowest BCUT2D eigenvalue weighted by atomic mass is 9.72. The highest BCUT2D eigenvalue weighted by atomic mass is 32.1. The molecule has 0 amide bonds. The summed E-state index contributed by atoms with van der Waals surface area (Å²) >= 11 is 1.10. The fourth-order valence-corrected chi connectivity index (χ4v) is 5.19. The molecule has 0 atom stereocenters. The fraction of sp³-hybridized carbons (Fsp3) is 0.471. The van der Waals surface area contributed by atoms with Crippen molar-refractivity contribution in [1.29, 1.82) is 0 Å². The highest BCUT2D eigenvalue weighted by molar-refractivity contribution is 7.18. The summed E-state index contributed by atoms with van der Waals surface area (Å²) in [4.78, 5) is 13.9. The maximum absolute atomic E-state index is 12.7. The number of H-pyrrole nitrogens is 1. The van der Waals surface area contributed by atoms with E-state index in [2.05, 4.69) is 30.0 Å². The molecule has 1 N–H and O–H groups in total. The molecule has 5 heterocycles. The Bertz CT molecular complexity index is 953. The van der Waals surface area contributed by atoms with Crippen LogP contribution in [0.1, 0.15) is 10.6 Å². The van der Waals surface area contributed by atoms with Crippen LogP contribution in [0.15, 0.2) is 24.7 Å². The zero-order valence-electron chi connectivity index (χ0n) is 14.3. The van der Waals surface area contributed by atoms with Gasteiger partial charge in [0.25, 0.3) is 0 Å². The molecule has 27 heavy (non-hydrogen) atoms. The number of alkyl halides is 3. The predicted molar refractivity (Wildman–Crippen MR) is 95.7 cm³/mol. The number of hydrogen-bond acceptors (Lipinski definition) is 6. The molecule has 0 radical (unpaired) electrons. The molecule has 2 saturated heterocycles. The van der Waals surface area contributed by atoms with Gasteiger partial charge in [-0.25, -0.2) is 9.97 Å². The molecule has 0 aromatic carbocycles. The van der Waals surface area contributed by atoms with Crippen molar-refractivity contribution < 1.29 is 13.2 Å². The molecule has 3 aromatic rings. The van der Waals surface area contributed by atoms with Gasteiger partial charge in [-0.1, -0.05) is 0 Å². The summed E-state index contributed by atoms with van der Waals surface area (Å²) in [7, 11) is 0. The van der Waals surface area contributed by atoms with Gasteiger partial charge >= 0.3 is 6.18 Å². The van der Waals surface area contributed by atoms with Gasteiger partial charge in [-0.2, -0.15) is 18.3 Å². The topological polar surface area (TPSA) is 60.9 Å². The minimum atomic E-state index is -4.21. The van der Waals surface area contributed by atoms with Crippen LogP contribution in [0, 0.1) is 5.41 Å². The Morgan fingerprint density at radius 3 is 2.70 bits per heavy atom. The van der Waals surface area contributed by atoms with E-state index in [9.17, 15) is 13.2 Å². The van der Waals surface area contributed by atoms with Crippen LogP contribution in [0.3, 0.4) is 0 Å². The number of nitrogens with zero attached hydrogens (tertiary/aromatic N) is 5. The first kappa shape index (κ1) is 16.9. The van der Waals surface area contributed by atoms with Gasteiger partial charge < -0.3 is 4.90 Å². The Morgan fingerprint density at radius 2 is 2.00 bits per heavy atom. The lowest BCUT2D eigenvalue weighted by Crippen LogP contribution is -2.72. The maximum Gasteiger partial charge on any atom is 0.393 e. The van der Waals surface area contributed by atoms with Gasteiger partial charge in [-0.15, -0.1) is 11.3 Å². The van der Waals surface area contributed by atoms with Crippen LogP contribution in [0.25, 0.3) is 10.2 Å². The Kier molecular flexibility index (Phi) is 3.70. The van der Waals surface area contributed by atoms with Crippen molar-refractivity contribution in [3.8, 4) is 0 Å². The summed E-state index contributed by atoms with van der Waals surface area (Å²) in [5.74, 6) is 0.752. The van der Waals surface area contributed by atoms with Gasteiger partial charge in [0.05, 0.1) is 11.8 Å². The number of nitrogens with one attached hydrogen (secondary N) is 1. The Labute approximate surface area is 157 Å². The summed E-state index contributed by atoms with van der Waals surface area (Å²) in [6, 6.07) is 3.57. The minimum Gasteiger partial charge on any atom is -0.355 e. The molecule has 3 aromatic heterocycles. The minimum absolute atomic E-state index is 0.266. The van der Waals surface area contributed by atoms with Crippen LogP contribution < -0.4 is 4.90 Å². The summed E-state index contributed by atoms with van der Waals surface area (Å²) in [5, 5.41) is 7.67. The molecule has 142 valence electrons. The van der Waals surface area contributed by atoms with Gasteiger partial charge in [0, 0.05) is 54.9 Å². The Balaban J connectivity index is 1.26. The zero-order chi connectivity index (χ0) is 18.6. The summed E-state index contributed by atoms with van der Waals surface area (Å²) in [6.45, 7) is 4.65. The molecule has 2 aliphatic rings. The molecule has 0 saturated carbocycles. The predicted octanol–water partition coefficient (Wildman–Crippen LogP) is 2.84. The number of likely N-dealkylation sites (tertiary alicyclic amines) is 1. The van der Waals surface area contributed by atoms with Crippen molar-refractivity contribution in [2.24, 2.45) is 5.41 Å². The lowest BCUT2D eigenvalue weighted by Gasteiger charge is -2.60. The maximum atomic E-state index is 12.7. The molecule has 5 rings (SSSR count). The van der Waals surface area contributed by atoms with E-state index >= 15 is 0 Å². The SMILES string of the molecule is FC(F)(F)Cc1cc2c(N3CC4(CN(Cc5ccn[nH]5)C4)C3)ncnc2s1. The van der Waals surface area contributed by atoms with E-state index in [1.807, 2.05) is 6.07 Å². The van der Waals surface area contributed by atoms with Crippen molar-refractivity contribution in [3.63, 3.8) is 0 Å². The number of aromatic nitrogens is 4. The van der Waals surface area contributed by atoms with Crippen LogP contribution in [-0.2, 0) is 13.0 Å². The van der Waals surface area contributed by atoms with Gasteiger partial charge in [0.1, 0.15) is 17.0 Å². The van der Waals surface area contributed by atoms with Crippen molar-refractivity contribution in [1.82, 2.24) is 25.1 Å². The van der Waals surface area contributed by atoms with Crippen LogP contribution in [0.2, 0.25) is 0 Å². The largest absolute Gasteiger partial charge is 0.393 e. The van der Waals surface area contributed by atoms with E-state index in [0.29, 0.717) is 4.83 Å². The van der Waals surface area contributed by atoms with E-state index in [1.165, 1.54) is 6.33 Å². The number of anilines is 1. The molecule has 0 unspecified atom stereocenters. The third-order valence-corrected chi connectivity index (χ3v) is 6.20. The number of fused-ring (bicyclic) bond motifs is 1. The van der Waals surface area contributed by atoms with Gasteiger partial charge in [-0.3, -0.25) is 10.00 Å². The monoisotopic (exact) mass is 394 g/mol. The molecular formula is C17H17F3N6S. The van der Waals surface area contributed by atoms with Gasteiger partial charge in [0.2, 0.25) is 0 Å². The van der Waals surface area contributed by atoms with Crippen molar-refractivity contribution in [3.05, 3.63) is 35.2 Å². The first-order valence-corrected chi connectivity index (χ1v) is 9.47. The smallest absolute Gasteiger partial charge is 0.355 e. The molecular weight excluding hydrogens is 377 g/mol. The van der Waals surface area contributed by atoms with Gasteiger partial charge in [-0.05, 0) is 12.1 Å². The van der Waals surface area contributed by atoms with E-state index in [4.69, 9.17) is 0 Å². The van der Waals surface area contributed by atoms with Crippen molar-refractivity contribution in [2.45, 2.75) is 19.1 Å². The molecule has 1 spiro atoms. The summed E-state index contributed by atoms with van der Waals surface area (Å²) < 4.78 is 38.0. The average molecular weight is 394 g/mol. The molecule has 0 aliphatic carbocycles. The first-order valence-electron chi connectivity index (χ1n) is 8.65. The van der Waals surface area contributed by atoms with Crippen LogP contribution >= 0.6 is 11.3 Å². The summed E-state index contributed by atoms with van der Waals surface area (Å²) in [6.07, 6.45) is -1.93. The number of rotatable bonds is 4. The summed E-state index contributed by atoms with van der Waals surface area (Å²) in [5.41, 5.74) is 1.37. The van der Waals surface area contributed by atoms with E-state index in [1.54, 1.807) is 12.3 Å². The number of hydrogen-bond donors (Lipinski definition) is 1. The molecule has 2 aliphatic heterocycles. The number of halogens is 3. The molecule has 2 fully saturated rings. The fourth-order valence-electron chi connectivity index (χ4n) is 4.17. The highest BCUT2D eigenvalue weighted by Crippen LogP contribution is 2.44. The second kappa shape index (κ2) is 5.90. The first-order chi connectivity index (χ1) is 12.9. The van der Waals surface area contributed by atoms with Crippen LogP contribution in [0.5, 0.6) is 0 Å². The van der Waals surface area contributed by atoms with Gasteiger partial charge in [0.15, 0.2) is 0 Å². The van der Waals surface area contributed by atoms with Crippen LogP contribution in [0.4, 0.5) is 19.0 Å². The Hall–Kier alpha value is -2.20. The molecule has 10 heteroatoms. The quantitative estimate of drug-likeness (QED) is 0.737. The zero-order valence-corrected chi connectivity index (χ0v) is 15.1.